The largest absolute Gasteiger partial charge is 0.416 e. The summed E-state index contributed by atoms with van der Waals surface area (Å²) in [6.45, 7) is 1.72. The number of aryl methyl sites for hydroxylation is 1. The fourth-order valence-corrected chi connectivity index (χ4v) is 2.39. The molecule has 1 aromatic carbocycles. The molecule has 0 aliphatic carbocycles. The van der Waals surface area contributed by atoms with E-state index in [1.165, 1.54) is 12.1 Å². The predicted molar refractivity (Wildman–Crippen MR) is 71.3 cm³/mol. The topological polar surface area (TPSA) is 42.0 Å². The van der Waals surface area contributed by atoms with Gasteiger partial charge in [-0.2, -0.15) is 13.2 Å². The van der Waals surface area contributed by atoms with Crippen molar-refractivity contribution in [1.29, 1.82) is 0 Å². The van der Waals surface area contributed by atoms with Crippen molar-refractivity contribution in [3.63, 3.8) is 0 Å². The predicted octanol–water partition coefficient (Wildman–Crippen LogP) is 4.38. The number of nitrogens with one attached hydrogen (secondary N) is 1. The van der Waals surface area contributed by atoms with E-state index in [0.29, 0.717) is 4.88 Å². The highest BCUT2D eigenvalue weighted by molar-refractivity contribution is 7.16. The van der Waals surface area contributed by atoms with Crippen molar-refractivity contribution < 1.29 is 18.0 Å². The Morgan fingerprint density at radius 3 is 2.65 bits per heavy atom. The molecule has 0 bridgehead atoms. The molecule has 0 aliphatic heterocycles. The number of amides is 1. The molecule has 8 heteroatoms. The van der Waals surface area contributed by atoms with Crippen molar-refractivity contribution in [2.45, 2.75) is 13.1 Å². The molecule has 1 heterocycles. The number of nitrogens with zero attached hydrogens (tertiary/aromatic N) is 1. The molecule has 0 radical (unpaired) electrons. The standard InChI is InChI=1S/C12H8ClF3N2OS/c1-6-9(13)17-11(20-6)18-10(19)7-3-2-4-8(5-7)12(14,15)16/h2-5H,1H3,(H,17,18,19). The first-order valence-corrected chi connectivity index (χ1v) is 6.58. The minimum Gasteiger partial charge on any atom is -0.298 e. The zero-order chi connectivity index (χ0) is 14.9. The van der Waals surface area contributed by atoms with Gasteiger partial charge in [-0.25, -0.2) is 4.98 Å². The van der Waals surface area contributed by atoms with Gasteiger partial charge in [-0.15, -0.1) is 11.3 Å². The van der Waals surface area contributed by atoms with Crippen molar-refractivity contribution in [2.75, 3.05) is 5.32 Å². The van der Waals surface area contributed by atoms with Crippen LogP contribution in [0.25, 0.3) is 0 Å². The molecule has 0 spiro atoms. The number of halogens is 4. The van der Waals surface area contributed by atoms with Gasteiger partial charge in [0.2, 0.25) is 0 Å². The van der Waals surface area contributed by atoms with Crippen LogP contribution >= 0.6 is 22.9 Å². The molecular weight excluding hydrogens is 313 g/mol. The van der Waals surface area contributed by atoms with Gasteiger partial charge in [-0.3, -0.25) is 10.1 Å². The van der Waals surface area contributed by atoms with Gasteiger partial charge >= 0.3 is 6.18 Å². The molecule has 0 saturated heterocycles. The van der Waals surface area contributed by atoms with Gasteiger partial charge in [-0.05, 0) is 25.1 Å². The number of hydrogen-bond donors (Lipinski definition) is 1. The van der Waals surface area contributed by atoms with E-state index >= 15 is 0 Å². The Hall–Kier alpha value is -1.60. The molecule has 2 aromatic rings. The van der Waals surface area contributed by atoms with Gasteiger partial charge in [0.1, 0.15) is 5.15 Å². The summed E-state index contributed by atoms with van der Waals surface area (Å²) in [4.78, 5) is 16.4. The fraction of sp³-hybridized carbons (Fsp3) is 0.167. The van der Waals surface area contributed by atoms with Crippen LogP contribution in [0.5, 0.6) is 0 Å². The smallest absolute Gasteiger partial charge is 0.298 e. The van der Waals surface area contributed by atoms with E-state index in [2.05, 4.69) is 10.3 Å². The Balaban J connectivity index is 2.21. The second kappa shape index (κ2) is 5.41. The van der Waals surface area contributed by atoms with E-state index in [1.807, 2.05) is 0 Å². The average molecular weight is 321 g/mol. The first kappa shape index (κ1) is 14.8. The summed E-state index contributed by atoms with van der Waals surface area (Å²) < 4.78 is 37.7. The molecule has 106 valence electrons. The molecule has 0 saturated carbocycles. The Morgan fingerprint density at radius 2 is 2.10 bits per heavy atom. The molecule has 1 amide bonds. The first-order valence-electron chi connectivity index (χ1n) is 5.39. The minimum absolute atomic E-state index is 0.0937. The number of thiazole rings is 1. The molecule has 0 atom stereocenters. The second-order valence-electron chi connectivity index (χ2n) is 3.90. The number of hydrogen-bond acceptors (Lipinski definition) is 3. The van der Waals surface area contributed by atoms with Gasteiger partial charge in [0.15, 0.2) is 5.13 Å². The molecule has 20 heavy (non-hydrogen) atoms. The van der Waals surface area contributed by atoms with Crippen molar-refractivity contribution in [1.82, 2.24) is 4.98 Å². The van der Waals surface area contributed by atoms with E-state index < -0.39 is 17.6 Å². The number of alkyl halides is 3. The molecule has 0 fully saturated rings. The number of aromatic nitrogens is 1. The number of benzene rings is 1. The lowest BCUT2D eigenvalue weighted by Crippen LogP contribution is -2.13. The van der Waals surface area contributed by atoms with E-state index in [4.69, 9.17) is 11.6 Å². The Morgan fingerprint density at radius 1 is 1.40 bits per heavy atom. The summed E-state index contributed by atoms with van der Waals surface area (Å²) in [6.07, 6.45) is -4.49. The molecular formula is C12H8ClF3N2OS. The molecule has 0 unspecified atom stereocenters. The van der Waals surface area contributed by atoms with Gasteiger partial charge in [-0.1, -0.05) is 17.7 Å². The van der Waals surface area contributed by atoms with Crippen LogP contribution in [0.15, 0.2) is 24.3 Å². The molecule has 3 nitrogen and oxygen atoms in total. The maximum Gasteiger partial charge on any atom is 0.416 e. The highest BCUT2D eigenvalue weighted by atomic mass is 35.5. The lowest BCUT2D eigenvalue weighted by atomic mass is 10.1. The van der Waals surface area contributed by atoms with Gasteiger partial charge in [0, 0.05) is 10.4 Å². The van der Waals surface area contributed by atoms with E-state index in [0.717, 1.165) is 23.5 Å². The highest BCUT2D eigenvalue weighted by Crippen LogP contribution is 2.30. The lowest BCUT2D eigenvalue weighted by Gasteiger charge is -2.08. The van der Waals surface area contributed by atoms with Gasteiger partial charge in [0.05, 0.1) is 5.56 Å². The third-order valence-corrected chi connectivity index (χ3v) is 3.78. The number of carbonyl (C=O) groups excluding carboxylic acids is 1. The molecule has 2 rings (SSSR count). The van der Waals surface area contributed by atoms with Crippen molar-refractivity contribution in [3.8, 4) is 0 Å². The molecule has 0 aliphatic rings. The zero-order valence-corrected chi connectivity index (χ0v) is 11.7. The fourth-order valence-electron chi connectivity index (χ4n) is 1.44. The third-order valence-electron chi connectivity index (χ3n) is 2.41. The Bertz CT molecular complexity index is 635. The first-order chi connectivity index (χ1) is 9.27. The molecule has 1 N–H and O–H groups in total. The van der Waals surface area contributed by atoms with Crippen LogP contribution in [-0.2, 0) is 6.18 Å². The maximum atomic E-state index is 12.6. The quantitative estimate of drug-likeness (QED) is 0.892. The van der Waals surface area contributed by atoms with Crippen LogP contribution in [0.4, 0.5) is 18.3 Å². The van der Waals surface area contributed by atoms with E-state index in [-0.39, 0.29) is 15.8 Å². The summed E-state index contributed by atoms with van der Waals surface area (Å²) in [5, 5.41) is 2.92. The summed E-state index contributed by atoms with van der Waals surface area (Å²) in [7, 11) is 0. The van der Waals surface area contributed by atoms with Crippen LogP contribution in [0.3, 0.4) is 0 Å². The van der Waals surface area contributed by atoms with Gasteiger partial charge < -0.3 is 0 Å². The number of rotatable bonds is 2. The minimum atomic E-state index is -4.49. The Kier molecular flexibility index (Phi) is 4.01. The SMILES string of the molecule is Cc1sc(NC(=O)c2cccc(C(F)(F)F)c2)nc1Cl. The van der Waals surface area contributed by atoms with Crippen molar-refractivity contribution >= 4 is 34.0 Å². The molecule has 1 aromatic heterocycles. The van der Waals surface area contributed by atoms with Crippen molar-refractivity contribution in [2.24, 2.45) is 0 Å². The van der Waals surface area contributed by atoms with Gasteiger partial charge in [0.25, 0.3) is 5.91 Å². The highest BCUT2D eigenvalue weighted by Gasteiger charge is 2.30. The normalized spacial score (nSPS) is 11.4. The van der Waals surface area contributed by atoms with Crippen LogP contribution in [-0.4, -0.2) is 10.9 Å². The second-order valence-corrected chi connectivity index (χ2v) is 5.46. The summed E-state index contributed by atoms with van der Waals surface area (Å²) >= 11 is 6.89. The maximum absolute atomic E-state index is 12.6. The summed E-state index contributed by atoms with van der Waals surface area (Å²) in [6, 6.07) is 4.17. The van der Waals surface area contributed by atoms with E-state index in [1.54, 1.807) is 6.92 Å². The average Bonchev–Trinajstić information content (AvgIpc) is 2.67. The van der Waals surface area contributed by atoms with Crippen LogP contribution < -0.4 is 5.32 Å². The number of anilines is 1. The third kappa shape index (κ3) is 3.29. The summed E-state index contributed by atoms with van der Waals surface area (Å²) in [5.41, 5.74) is -0.970. The monoisotopic (exact) mass is 320 g/mol. The van der Waals surface area contributed by atoms with Crippen LogP contribution in [0.1, 0.15) is 20.8 Å². The lowest BCUT2D eigenvalue weighted by molar-refractivity contribution is -0.137. The van der Waals surface area contributed by atoms with E-state index in [9.17, 15) is 18.0 Å². The van der Waals surface area contributed by atoms with Crippen LogP contribution in [0, 0.1) is 6.92 Å². The Labute approximate surface area is 121 Å². The van der Waals surface area contributed by atoms with Crippen molar-refractivity contribution in [3.05, 3.63) is 45.4 Å². The number of carbonyl (C=O) groups is 1. The summed E-state index contributed by atoms with van der Waals surface area (Å²) in [5.74, 6) is -0.665. The zero-order valence-electron chi connectivity index (χ0n) is 10.1. The van der Waals surface area contributed by atoms with Crippen LogP contribution in [0.2, 0.25) is 5.15 Å².